The van der Waals surface area contributed by atoms with Crippen molar-refractivity contribution in [2.24, 2.45) is 0 Å². The van der Waals surface area contributed by atoms with Gasteiger partial charge >= 0.3 is 0 Å². The third-order valence-electron chi connectivity index (χ3n) is 4.14. The van der Waals surface area contributed by atoms with Crippen LogP contribution in [0.3, 0.4) is 0 Å². The molecular weight excluding hydrogens is 308 g/mol. The molecule has 0 fully saturated rings. The van der Waals surface area contributed by atoms with E-state index in [2.05, 4.69) is 4.98 Å². The molecule has 122 valence electrons. The topological polar surface area (TPSA) is 62.6 Å². The van der Waals surface area contributed by atoms with Gasteiger partial charge in [0.2, 0.25) is 6.79 Å². The Morgan fingerprint density at radius 2 is 1.96 bits per heavy atom. The lowest BCUT2D eigenvalue weighted by Gasteiger charge is -2.08. The first-order valence-corrected chi connectivity index (χ1v) is 7.62. The van der Waals surface area contributed by atoms with Gasteiger partial charge in [0.1, 0.15) is 12.1 Å². The molecule has 2 aromatic carbocycles. The number of fused-ring (bicyclic) bond motifs is 2. The van der Waals surface area contributed by atoms with Crippen LogP contribution in [0, 0.1) is 13.8 Å². The van der Waals surface area contributed by atoms with Crippen molar-refractivity contribution in [1.29, 1.82) is 0 Å². The van der Waals surface area contributed by atoms with E-state index in [0.717, 1.165) is 22.2 Å². The zero-order valence-electron chi connectivity index (χ0n) is 13.4. The fourth-order valence-electron chi connectivity index (χ4n) is 2.64. The molecule has 0 saturated heterocycles. The van der Waals surface area contributed by atoms with Crippen LogP contribution in [0.4, 0.5) is 0 Å². The maximum atomic E-state index is 12.5. The van der Waals surface area contributed by atoms with Gasteiger partial charge in [-0.25, -0.2) is 4.98 Å². The van der Waals surface area contributed by atoms with Gasteiger partial charge in [0, 0.05) is 6.07 Å². The third kappa shape index (κ3) is 2.46. The van der Waals surface area contributed by atoms with Gasteiger partial charge in [-0.3, -0.25) is 9.36 Å². The Kier molecular flexibility index (Phi) is 3.37. The first-order chi connectivity index (χ1) is 11.6. The SMILES string of the molecule is Cc1cc2ncn(C(=O)COc3ccc4c(c3)OCO4)c2cc1C. The molecule has 0 N–H and O–H groups in total. The molecule has 6 heteroatoms. The molecule has 24 heavy (non-hydrogen) atoms. The number of carbonyl (C=O) groups is 1. The summed E-state index contributed by atoms with van der Waals surface area (Å²) < 4.78 is 17.7. The van der Waals surface area contributed by atoms with E-state index < -0.39 is 0 Å². The molecule has 0 atom stereocenters. The predicted molar refractivity (Wildman–Crippen MR) is 87.9 cm³/mol. The van der Waals surface area contributed by atoms with Crippen molar-refractivity contribution in [2.45, 2.75) is 13.8 Å². The van der Waals surface area contributed by atoms with Gasteiger partial charge in [0.05, 0.1) is 11.0 Å². The Morgan fingerprint density at radius 1 is 1.17 bits per heavy atom. The minimum Gasteiger partial charge on any atom is -0.484 e. The Hall–Kier alpha value is -3.02. The number of ether oxygens (including phenoxy) is 3. The van der Waals surface area contributed by atoms with Crippen molar-refractivity contribution in [1.82, 2.24) is 9.55 Å². The van der Waals surface area contributed by atoms with Gasteiger partial charge in [-0.15, -0.1) is 0 Å². The minimum absolute atomic E-state index is 0.0853. The zero-order chi connectivity index (χ0) is 16.7. The third-order valence-corrected chi connectivity index (χ3v) is 4.14. The highest BCUT2D eigenvalue weighted by Gasteiger charge is 2.15. The number of benzene rings is 2. The lowest BCUT2D eigenvalue weighted by atomic mass is 10.1. The van der Waals surface area contributed by atoms with E-state index in [-0.39, 0.29) is 19.3 Å². The first-order valence-electron chi connectivity index (χ1n) is 7.62. The number of aryl methyl sites for hydroxylation is 2. The van der Waals surface area contributed by atoms with E-state index in [1.54, 1.807) is 18.2 Å². The molecule has 0 aliphatic carbocycles. The summed E-state index contributed by atoms with van der Waals surface area (Å²) in [6, 6.07) is 9.18. The summed E-state index contributed by atoms with van der Waals surface area (Å²) in [5.41, 5.74) is 3.86. The van der Waals surface area contributed by atoms with Crippen molar-refractivity contribution >= 4 is 16.9 Å². The maximum Gasteiger partial charge on any atom is 0.270 e. The standard InChI is InChI=1S/C18H16N2O4/c1-11-5-14-15(6-12(11)2)20(9-19-14)18(21)8-22-13-3-4-16-17(7-13)24-10-23-16/h3-7,9H,8,10H2,1-2H3. The number of nitrogens with zero attached hydrogens (tertiary/aromatic N) is 2. The molecule has 1 aromatic heterocycles. The molecule has 1 aliphatic rings. The number of imidazole rings is 1. The van der Waals surface area contributed by atoms with Gasteiger partial charge in [0.25, 0.3) is 5.91 Å². The molecule has 0 spiro atoms. The van der Waals surface area contributed by atoms with Gasteiger partial charge in [-0.1, -0.05) is 0 Å². The van der Waals surface area contributed by atoms with Gasteiger partial charge in [-0.05, 0) is 49.2 Å². The summed E-state index contributed by atoms with van der Waals surface area (Å²) in [5.74, 6) is 1.68. The summed E-state index contributed by atoms with van der Waals surface area (Å²) in [6.45, 7) is 4.16. The van der Waals surface area contributed by atoms with Crippen molar-refractivity contribution < 1.29 is 19.0 Å². The fourth-order valence-corrected chi connectivity index (χ4v) is 2.64. The van der Waals surface area contributed by atoms with Crippen molar-refractivity contribution in [3.05, 3.63) is 47.8 Å². The van der Waals surface area contributed by atoms with Crippen LogP contribution in [0.25, 0.3) is 11.0 Å². The molecule has 2 heterocycles. The van der Waals surface area contributed by atoms with E-state index in [0.29, 0.717) is 17.2 Å². The van der Waals surface area contributed by atoms with Crippen LogP contribution in [0.2, 0.25) is 0 Å². The maximum absolute atomic E-state index is 12.5. The first kappa shape index (κ1) is 14.6. The molecule has 0 unspecified atom stereocenters. The van der Waals surface area contributed by atoms with Gasteiger partial charge in [0.15, 0.2) is 18.1 Å². The average molecular weight is 324 g/mol. The summed E-state index contributed by atoms with van der Waals surface area (Å²) in [6.07, 6.45) is 1.54. The van der Waals surface area contributed by atoms with E-state index in [4.69, 9.17) is 14.2 Å². The summed E-state index contributed by atoms with van der Waals surface area (Å²) in [4.78, 5) is 16.8. The van der Waals surface area contributed by atoms with Gasteiger partial charge in [-0.2, -0.15) is 0 Å². The molecule has 0 bridgehead atoms. The van der Waals surface area contributed by atoms with Crippen molar-refractivity contribution in [3.8, 4) is 17.2 Å². The largest absolute Gasteiger partial charge is 0.484 e. The Morgan fingerprint density at radius 3 is 2.83 bits per heavy atom. The Balaban J connectivity index is 1.53. The molecule has 6 nitrogen and oxygen atoms in total. The lowest BCUT2D eigenvalue weighted by molar-refractivity contribution is 0.0842. The highest BCUT2D eigenvalue weighted by Crippen LogP contribution is 2.35. The molecule has 4 rings (SSSR count). The van der Waals surface area contributed by atoms with Crippen molar-refractivity contribution in [3.63, 3.8) is 0 Å². The van der Waals surface area contributed by atoms with Crippen LogP contribution in [-0.2, 0) is 0 Å². The van der Waals surface area contributed by atoms with Crippen LogP contribution >= 0.6 is 0 Å². The molecule has 1 aliphatic heterocycles. The molecular formula is C18H16N2O4. The Labute approximate surface area is 138 Å². The second-order valence-electron chi connectivity index (χ2n) is 5.74. The van der Waals surface area contributed by atoms with E-state index in [9.17, 15) is 4.79 Å². The lowest BCUT2D eigenvalue weighted by Crippen LogP contribution is -2.18. The summed E-state index contributed by atoms with van der Waals surface area (Å²) in [7, 11) is 0. The Bertz CT molecular complexity index is 946. The smallest absolute Gasteiger partial charge is 0.270 e. The second kappa shape index (κ2) is 5.56. The zero-order valence-corrected chi connectivity index (χ0v) is 13.4. The highest BCUT2D eigenvalue weighted by atomic mass is 16.7. The summed E-state index contributed by atoms with van der Waals surface area (Å²) >= 11 is 0. The van der Waals surface area contributed by atoms with Gasteiger partial charge < -0.3 is 14.2 Å². The van der Waals surface area contributed by atoms with Crippen LogP contribution < -0.4 is 14.2 Å². The van der Waals surface area contributed by atoms with Crippen LogP contribution in [-0.4, -0.2) is 28.9 Å². The number of rotatable bonds is 3. The minimum atomic E-state index is -0.182. The fraction of sp³-hybridized carbons (Fsp3) is 0.222. The number of aromatic nitrogens is 2. The number of carbonyl (C=O) groups excluding carboxylic acids is 1. The van der Waals surface area contributed by atoms with E-state index >= 15 is 0 Å². The van der Waals surface area contributed by atoms with Crippen LogP contribution in [0.1, 0.15) is 15.9 Å². The predicted octanol–water partition coefficient (Wildman–Crippen LogP) is 3.10. The van der Waals surface area contributed by atoms with Crippen LogP contribution in [0.5, 0.6) is 17.2 Å². The molecule has 0 amide bonds. The monoisotopic (exact) mass is 324 g/mol. The van der Waals surface area contributed by atoms with Crippen LogP contribution in [0.15, 0.2) is 36.7 Å². The highest BCUT2D eigenvalue weighted by molar-refractivity contribution is 5.91. The van der Waals surface area contributed by atoms with E-state index in [1.807, 2.05) is 26.0 Å². The molecule has 0 saturated carbocycles. The normalized spacial score (nSPS) is 12.6. The second-order valence-corrected chi connectivity index (χ2v) is 5.74. The average Bonchev–Trinajstić information content (AvgIpc) is 3.19. The molecule has 0 radical (unpaired) electrons. The van der Waals surface area contributed by atoms with E-state index in [1.165, 1.54) is 10.9 Å². The van der Waals surface area contributed by atoms with Crippen molar-refractivity contribution in [2.75, 3.05) is 13.4 Å². The summed E-state index contributed by atoms with van der Waals surface area (Å²) in [5, 5.41) is 0. The quantitative estimate of drug-likeness (QED) is 0.741. The number of hydrogen-bond acceptors (Lipinski definition) is 5. The molecule has 3 aromatic rings. The number of hydrogen-bond donors (Lipinski definition) is 0.